The van der Waals surface area contributed by atoms with Gasteiger partial charge in [0, 0.05) is 43.8 Å². The molecule has 2 fully saturated rings. The van der Waals surface area contributed by atoms with Gasteiger partial charge in [-0.1, -0.05) is 0 Å². The number of amides is 1. The number of nitro groups is 1. The van der Waals surface area contributed by atoms with Crippen LogP contribution in [-0.4, -0.2) is 42.5 Å². The van der Waals surface area contributed by atoms with Crippen molar-refractivity contribution < 1.29 is 14.6 Å². The Kier molecular flexibility index (Phi) is 4.71. The van der Waals surface area contributed by atoms with Crippen molar-refractivity contribution in [2.24, 2.45) is 5.73 Å². The number of nitrogens with one attached hydrogen (secondary N) is 1. The lowest BCUT2D eigenvalue weighted by molar-refractivity contribution is -0.947. The summed E-state index contributed by atoms with van der Waals surface area (Å²) in [5, 5.41) is 10.8. The molecule has 0 aromatic heterocycles. The fourth-order valence-corrected chi connectivity index (χ4v) is 4.16. The summed E-state index contributed by atoms with van der Waals surface area (Å²) in [7, 11) is 0. The molecule has 1 aromatic rings. The fraction of sp³-hybridized carbons (Fsp3) is 0.588. The number of rotatable bonds is 4. The van der Waals surface area contributed by atoms with Gasteiger partial charge >= 0.3 is 0 Å². The zero-order valence-corrected chi connectivity index (χ0v) is 13.9. The summed E-state index contributed by atoms with van der Waals surface area (Å²) in [6.45, 7) is 3.56. The number of anilines is 1. The van der Waals surface area contributed by atoms with E-state index in [0.717, 1.165) is 57.5 Å². The van der Waals surface area contributed by atoms with Gasteiger partial charge < -0.3 is 15.5 Å². The average molecular weight is 333 g/mol. The molecule has 0 saturated carbocycles. The quantitative estimate of drug-likeness (QED) is 0.619. The Bertz CT molecular complexity index is 603. The first-order chi connectivity index (χ1) is 11.5. The second-order valence-corrected chi connectivity index (χ2v) is 6.87. The predicted octanol–water partition coefficient (Wildman–Crippen LogP) is 0.488. The van der Waals surface area contributed by atoms with Gasteiger partial charge in [0.05, 0.1) is 18.0 Å². The number of hydrogen-bond acceptors (Lipinski definition) is 4. The van der Waals surface area contributed by atoms with Crippen LogP contribution in [0.25, 0.3) is 0 Å². The van der Waals surface area contributed by atoms with E-state index < -0.39 is 10.5 Å². The van der Waals surface area contributed by atoms with Crippen molar-refractivity contribution in [2.45, 2.75) is 37.6 Å². The Labute approximate surface area is 141 Å². The van der Waals surface area contributed by atoms with Gasteiger partial charge in [-0.05, 0) is 31.4 Å². The highest BCUT2D eigenvalue weighted by atomic mass is 16.6. The maximum atomic E-state index is 12.2. The van der Waals surface area contributed by atoms with E-state index in [2.05, 4.69) is 4.90 Å². The van der Waals surface area contributed by atoms with Gasteiger partial charge in [0.2, 0.25) is 0 Å². The number of nitro benzene ring substituents is 1. The second kappa shape index (κ2) is 6.76. The molecular formula is C17H25N4O3+. The molecule has 3 N–H and O–H groups in total. The van der Waals surface area contributed by atoms with Crippen molar-refractivity contribution in [2.75, 3.05) is 31.1 Å². The Morgan fingerprint density at radius 2 is 1.71 bits per heavy atom. The van der Waals surface area contributed by atoms with Gasteiger partial charge in [-0.3, -0.25) is 14.9 Å². The highest BCUT2D eigenvalue weighted by Crippen LogP contribution is 2.26. The van der Waals surface area contributed by atoms with Gasteiger partial charge in [-0.15, -0.1) is 0 Å². The number of carbonyl (C=O) groups is 1. The molecule has 3 rings (SSSR count). The molecule has 2 aliphatic rings. The Morgan fingerprint density at radius 1 is 1.12 bits per heavy atom. The summed E-state index contributed by atoms with van der Waals surface area (Å²) in [5.41, 5.74) is 6.43. The van der Waals surface area contributed by atoms with E-state index in [-0.39, 0.29) is 11.6 Å². The first-order valence-corrected chi connectivity index (χ1v) is 8.67. The molecule has 0 atom stereocenters. The van der Waals surface area contributed by atoms with Crippen LogP contribution in [0.15, 0.2) is 24.3 Å². The van der Waals surface area contributed by atoms with Gasteiger partial charge in [-0.2, -0.15) is 0 Å². The SMILES string of the molecule is NC(=O)C1([NH+]2CCCCC2)CCN(c2ccc([N+](=O)[O-])cc2)CC1. The van der Waals surface area contributed by atoms with Crippen molar-refractivity contribution in [3.63, 3.8) is 0 Å². The molecule has 2 saturated heterocycles. The maximum absolute atomic E-state index is 12.2. The lowest BCUT2D eigenvalue weighted by Crippen LogP contribution is -3.22. The molecule has 2 heterocycles. The molecule has 1 amide bonds. The lowest BCUT2D eigenvalue weighted by Gasteiger charge is -2.45. The van der Waals surface area contributed by atoms with E-state index in [9.17, 15) is 14.9 Å². The van der Waals surface area contributed by atoms with Crippen LogP contribution in [0.2, 0.25) is 0 Å². The van der Waals surface area contributed by atoms with Gasteiger partial charge in [0.25, 0.3) is 11.6 Å². The summed E-state index contributed by atoms with van der Waals surface area (Å²) in [4.78, 5) is 26.2. The van der Waals surface area contributed by atoms with E-state index >= 15 is 0 Å². The van der Waals surface area contributed by atoms with E-state index in [1.54, 1.807) is 12.1 Å². The van der Waals surface area contributed by atoms with Gasteiger partial charge in [-0.25, -0.2) is 0 Å². The number of nitrogens with two attached hydrogens (primary N) is 1. The fourth-order valence-electron chi connectivity index (χ4n) is 4.16. The Hall–Kier alpha value is -2.15. The molecule has 0 unspecified atom stereocenters. The number of likely N-dealkylation sites (tertiary alicyclic amines) is 1. The van der Waals surface area contributed by atoms with Crippen LogP contribution in [0.1, 0.15) is 32.1 Å². The number of carbonyl (C=O) groups excluding carboxylic acids is 1. The van der Waals surface area contributed by atoms with E-state index in [0.29, 0.717) is 0 Å². The van der Waals surface area contributed by atoms with Crippen molar-refractivity contribution in [1.82, 2.24) is 0 Å². The smallest absolute Gasteiger partial charge is 0.278 e. The molecule has 24 heavy (non-hydrogen) atoms. The largest absolute Gasteiger partial charge is 0.371 e. The van der Waals surface area contributed by atoms with Gasteiger partial charge in [0.15, 0.2) is 5.54 Å². The maximum Gasteiger partial charge on any atom is 0.278 e. The molecular weight excluding hydrogens is 308 g/mol. The third kappa shape index (κ3) is 3.08. The van der Waals surface area contributed by atoms with Crippen LogP contribution in [0.4, 0.5) is 11.4 Å². The minimum absolute atomic E-state index is 0.0972. The lowest BCUT2D eigenvalue weighted by atomic mass is 9.83. The topological polar surface area (TPSA) is 93.9 Å². The van der Waals surface area contributed by atoms with Gasteiger partial charge in [0.1, 0.15) is 0 Å². The van der Waals surface area contributed by atoms with Crippen LogP contribution >= 0.6 is 0 Å². The average Bonchev–Trinajstić information content (AvgIpc) is 2.62. The van der Waals surface area contributed by atoms with Crippen LogP contribution in [0, 0.1) is 10.1 Å². The molecule has 0 bridgehead atoms. The summed E-state index contributed by atoms with van der Waals surface area (Å²) in [6, 6.07) is 6.62. The third-order valence-corrected chi connectivity index (χ3v) is 5.65. The number of benzene rings is 1. The highest BCUT2D eigenvalue weighted by molar-refractivity contribution is 5.83. The van der Waals surface area contributed by atoms with Crippen LogP contribution in [0.3, 0.4) is 0 Å². The van der Waals surface area contributed by atoms with Crippen molar-refractivity contribution in [1.29, 1.82) is 0 Å². The van der Waals surface area contributed by atoms with Crippen LogP contribution < -0.4 is 15.5 Å². The first kappa shape index (κ1) is 16.7. The minimum atomic E-state index is -0.447. The number of piperidine rings is 2. The van der Waals surface area contributed by atoms with E-state index in [1.807, 2.05) is 0 Å². The normalized spacial score (nSPS) is 21.4. The highest BCUT2D eigenvalue weighted by Gasteiger charge is 2.49. The molecule has 0 radical (unpaired) electrons. The zero-order chi connectivity index (χ0) is 17.2. The molecule has 1 aromatic carbocycles. The number of quaternary nitrogens is 1. The number of hydrogen-bond donors (Lipinski definition) is 2. The Morgan fingerprint density at radius 3 is 2.21 bits per heavy atom. The first-order valence-electron chi connectivity index (χ1n) is 8.67. The monoisotopic (exact) mass is 333 g/mol. The molecule has 7 heteroatoms. The predicted molar refractivity (Wildman–Crippen MR) is 91.0 cm³/mol. The van der Waals surface area contributed by atoms with Crippen LogP contribution in [-0.2, 0) is 4.79 Å². The molecule has 7 nitrogen and oxygen atoms in total. The molecule has 130 valence electrons. The van der Waals surface area contributed by atoms with Crippen molar-refractivity contribution >= 4 is 17.3 Å². The number of primary amides is 1. The van der Waals surface area contributed by atoms with E-state index in [1.165, 1.54) is 23.5 Å². The molecule has 2 aliphatic heterocycles. The Balaban J connectivity index is 1.70. The molecule has 0 aliphatic carbocycles. The number of nitrogens with zero attached hydrogens (tertiary/aromatic N) is 2. The summed E-state index contributed by atoms with van der Waals surface area (Å²) < 4.78 is 0. The number of non-ortho nitro benzene ring substituents is 1. The second-order valence-electron chi connectivity index (χ2n) is 6.87. The summed E-state index contributed by atoms with van der Waals surface area (Å²) in [5.74, 6) is -0.178. The molecule has 0 spiro atoms. The standard InChI is InChI=1S/C17H24N4O3/c18-16(22)17(20-10-2-1-3-11-20)8-12-19(13-9-17)14-4-6-15(7-5-14)21(23)24/h4-7H,1-3,8-13H2,(H2,18,22)/p+1. The zero-order valence-electron chi connectivity index (χ0n) is 13.9. The van der Waals surface area contributed by atoms with Crippen molar-refractivity contribution in [3.05, 3.63) is 34.4 Å². The summed E-state index contributed by atoms with van der Waals surface area (Å²) >= 11 is 0. The van der Waals surface area contributed by atoms with Crippen molar-refractivity contribution in [3.8, 4) is 0 Å². The van der Waals surface area contributed by atoms with E-state index in [4.69, 9.17) is 5.73 Å². The third-order valence-electron chi connectivity index (χ3n) is 5.65. The summed E-state index contributed by atoms with van der Waals surface area (Å²) in [6.07, 6.45) is 5.06. The van der Waals surface area contributed by atoms with Crippen LogP contribution in [0.5, 0.6) is 0 Å². The minimum Gasteiger partial charge on any atom is -0.371 e.